The highest BCUT2D eigenvalue weighted by Crippen LogP contribution is 2.31. The van der Waals surface area contributed by atoms with E-state index in [1.54, 1.807) is 0 Å². The van der Waals surface area contributed by atoms with Crippen molar-refractivity contribution < 1.29 is 9.59 Å². The molecule has 1 aliphatic heterocycles. The van der Waals surface area contributed by atoms with E-state index < -0.39 is 0 Å². The van der Waals surface area contributed by atoms with Crippen LogP contribution in [0.2, 0.25) is 0 Å². The first-order valence-electron chi connectivity index (χ1n) is 7.09. The number of benzene rings is 1. The predicted molar refractivity (Wildman–Crippen MR) is 78.6 cm³/mol. The molecule has 1 unspecified atom stereocenters. The van der Waals surface area contributed by atoms with Crippen molar-refractivity contribution in [3.8, 4) is 0 Å². The Hall–Kier alpha value is -2.04. The average Bonchev–Trinajstić information content (AvgIpc) is 2.50. The van der Waals surface area contributed by atoms with Gasteiger partial charge in [0, 0.05) is 18.8 Å². The first-order chi connectivity index (χ1) is 9.72. The van der Waals surface area contributed by atoms with Crippen LogP contribution in [0.4, 0.5) is 5.69 Å². The largest absolute Gasteiger partial charge is 0.385 e. The van der Waals surface area contributed by atoms with Crippen LogP contribution in [-0.4, -0.2) is 31.4 Å². The van der Waals surface area contributed by atoms with Crippen molar-refractivity contribution >= 4 is 17.5 Å². The van der Waals surface area contributed by atoms with E-state index >= 15 is 0 Å². The van der Waals surface area contributed by atoms with E-state index in [1.807, 2.05) is 31.2 Å². The van der Waals surface area contributed by atoms with Crippen LogP contribution in [-0.2, 0) is 9.59 Å². The lowest BCUT2D eigenvalue weighted by Crippen LogP contribution is -2.40. The van der Waals surface area contributed by atoms with Crippen LogP contribution in [0, 0.1) is 0 Å². The molecule has 2 rings (SSSR count). The number of amides is 2. The Bertz CT molecular complexity index is 488. The van der Waals surface area contributed by atoms with Gasteiger partial charge in [0.15, 0.2) is 0 Å². The smallest absolute Gasteiger partial charge is 0.239 e. The summed E-state index contributed by atoms with van der Waals surface area (Å²) >= 11 is 0. The number of fused-ring (bicyclic) bond motifs is 1. The number of nitrogens with one attached hydrogen (secondary N) is 3. The molecule has 1 atom stereocenters. The van der Waals surface area contributed by atoms with Crippen molar-refractivity contribution in [3.63, 3.8) is 0 Å². The van der Waals surface area contributed by atoms with E-state index in [4.69, 9.17) is 0 Å². The summed E-state index contributed by atoms with van der Waals surface area (Å²) in [5.74, 6) is -0.389. The third-order valence-corrected chi connectivity index (χ3v) is 3.40. The zero-order valence-electron chi connectivity index (χ0n) is 11.7. The van der Waals surface area contributed by atoms with Crippen LogP contribution >= 0.6 is 0 Å². The maximum absolute atomic E-state index is 12.2. The van der Waals surface area contributed by atoms with Crippen molar-refractivity contribution in [1.82, 2.24) is 10.6 Å². The minimum absolute atomic E-state index is 0.0466. The zero-order chi connectivity index (χ0) is 14.4. The molecule has 0 radical (unpaired) electrons. The second-order valence-corrected chi connectivity index (χ2v) is 4.92. The first kappa shape index (κ1) is 14.4. The lowest BCUT2D eigenvalue weighted by atomic mass is 9.90. The topological polar surface area (TPSA) is 70.2 Å². The molecular weight excluding hydrogens is 254 g/mol. The highest BCUT2D eigenvalue weighted by atomic mass is 16.2. The van der Waals surface area contributed by atoms with Crippen molar-refractivity contribution in [3.05, 3.63) is 29.8 Å². The normalized spacial score (nSPS) is 16.8. The van der Waals surface area contributed by atoms with E-state index in [2.05, 4.69) is 16.0 Å². The van der Waals surface area contributed by atoms with Gasteiger partial charge < -0.3 is 16.0 Å². The number of carbonyl (C=O) groups excluding carboxylic acids is 2. The predicted octanol–water partition coefficient (Wildman–Crippen LogP) is 1.23. The second kappa shape index (κ2) is 6.93. The van der Waals surface area contributed by atoms with Crippen LogP contribution in [0.5, 0.6) is 0 Å². The Kier molecular flexibility index (Phi) is 4.98. The third-order valence-electron chi connectivity index (χ3n) is 3.40. The molecule has 2 amide bonds. The number of hydrogen-bond donors (Lipinski definition) is 3. The minimum atomic E-state index is -0.175. The fourth-order valence-corrected chi connectivity index (χ4v) is 2.36. The Labute approximate surface area is 119 Å². The molecule has 0 aliphatic carbocycles. The minimum Gasteiger partial charge on any atom is -0.385 e. The van der Waals surface area contributed by atoms with Crippen molar-refractivity contribution in [2.45, 2.75) is 25.7 Å². The summed E-state index contributed by atoms with van der Waals surface area (Å²) in [6.45, 7) is 3.46. The van der Waals surface area contributed by atoms with Gasteiger partial charge >= 0.3 is 0 Å². The molecular formula is C15H21N3O2. The Morgan fingerprint density at radius 3 is 2.90 bits per heavy atom. The van der Waals surface area contributed by atoms with Crippen LogP contribution in [0.15, 0.2) is 24.3 Å². The summed E-state index contributed by atoms with van der Waals surface area (Å²) in [5, 5.41) is 8.75. The van der Waals surface area contributed by atoms with Gasteiger partial charge in [-0.2, -0.15) is 0 Å². The molecule has 1 aromatic rings. The zero-order valence-corrected chi connectivity index (χ0v) is 11.7. The van der Waals surface area contributed by atoms with E-state index in [0.29, 0.717) is 6.54 Å². The molecule has 0 spiro atoms. The summed E-state index contributed by atoms with van der Waals surface area (Å²) in [6, 6.07) is 7.82. The van der Waals surface area contributed by atoms with Gasteiger partial charge in [0.05, 0.1) is 12.5 Å². The van der Waals surface area contributed by atoms with E-state index in [-0.39, 0.29) is 24.3 Å². The van der Waals surface area contributed by atoms with Gasteiger partial charge in [-0.3, -0.25) is 9.59 Å². The molecule has 20 heavy (non-hydrogen) atoms. The molecule has 108 valence electrons. The summed E-state index contributed by atoms with van der Waals surface area (Å²) in [6.07, 6.45) is 1.64. The highest BCUT2D eigenvalue weighted by molar-refractivity contribution is 5.90. The molecule has 1 heterocycles. The molecule has 1 aromatic carbocycles. The highest BCUT2D eigenvalue weighted by Gasteiger charge is 2.26. The fourth-order valence-electron chi connectivity index (χ4n) is 2.36. The quantitative estimate of drug-likeness (QED) is 0.757. The Balaban J connectivity index is 1.92. The van der Waals surface area contributed by atoms with Gasteiger partial charge in [0.2, 0.25) is 11.8 Å². The Morgan fingerprint density at radius 2 is 2.10 bits per heavy atom. The summed E-state index contributed by atoms with van der Waals surface area (Å²) in [7, 11) is 0. The molecule has 0 bridgehead atoms. The van der Waals surface area contributed by atoms with Crippen molar-refractivity contribution in [1.29, 1.82) is 0 Å². The summed E-state index contributed by atoms with van der Waals surface area (Å²) in [5.41, 5.74) is 2.01. The number of para-hydroxylation sites is 1. The van der Waals surface area contributed by atoms with E-state index in [1.165, 1.54) is 0 Å². The lowest BCUT2D eigenvalue weighted by molar-refractivity contribution is -0.127. The molecule has 1 aliphatic rings. The number of carbonyl (C=O) groups is 2. The van der Waals surface area contributed by atoms with Crippen molar-refractivity contribution in [2.75, 3.05) is 25.0 Å². The molecule has 5 nitrogen and oxygen atoms in total. The van der Waals surface area contributed by atoms with E-state index in [9.17, 15) is 9.59 Å². The molecule has 0 saturated heterocycles. The number of anilines is 1. The van der Waals surface area contributed by atoms with Gasteiger partial charge in [0.25, 0.3) is 0 Å². The second-order valence-electron chi connectivity index (χ2n) is 4.92. The third kappa shape index (κ3) is 3.50. The van der Waals surface area contributed by atoms with Crippen LogP contribution in [0.3, 0.4) is 0 Å². The van der Waals surface area contributed by atoms with E-state index in [0.717, 1.165) is 30.6 Å². The van der Waals surface area contributed by atoms with Gasteiger partial charge in [-0.05, 0) is 24.5 Å². The van der Waals surface area contributed by atoms with Crippen LogP contribution < -0.4 is 16.0 Å². The average molecular weight is 275 g/mol. The molecule has 0 fully saturated rings. The van der Waals surface area contributed by atoms with Gasteiger partial charge in [-0.1, -0.05) is 25.1 Å². The molecule has 0 aromatic heterocycles. The monoisotopic (exact) mass is 275 g/mol. The lowest BCUT2D eigenvalue weighted by Gasteiger charge is -2.25. The summed E-state index contributed by atoms with van der Waals surface area (Å²) < 4.78 is 0. The molecule has 3 N–H and O–H groups in total. The first-order valence-corrected chi connectivity index (χ1v) is 7.09. The molecule has 0 saturated carbocycles. The fraction of sp³-hybridized carbons (Fsp3) is 0.467. The van der Waals surface area contributed by atoms with Crippen LogP contribution in [0.25, 0.3) is 0 Å². The van der Waals surface area contributed by atoms with Crippen molar-refractivity contribution in [2.24, 2.45) is 0 Å². The Morgan fingerprint density at radius 1 is 1.30 bits per heavy atom. The van der Waals surface area contributed by atoms with Gasteiger partial charge in [-0.15, -0.1) is 0 Å². The van der Waals surface area contributed by atoms with Gasteiger partial charge in [0.1, 0.15) is 0 Å². The number of hydrogen-bond acceptors (Lipinski definition) is 3. The van der Waals surface area contributed by atoms with Crippen LogP contribution in [0.1, 0.15) is 31.2 Å². The number of rotatable bonds is 5. The molecule has 5 heteroatoms. The van der Waals surface area contributed by atoms with Gasteiger partial charge in [-0.25, -0.2) is 0 Å². The maximum Gasteiger partial charge on any atom is 0.239 e. The SMILES string of the molecule is CCCNC(=O)CNC(=O)C1CCNc2ccccc21. The maximum atomic E-state index is 12.2. The summed E-state index contributed by atoms with van der Waals surface area (Å²) in [4.78, 5) is 23.7. The standard InChI is InChI=1S/C15H21N3O2/c1-2-8-17-14(19)10-18-15(20)12-7-9-16-13-6-4-3-5-11(12)13/h3-6,12,16H,2,7-10H2,1H3,(H,17,19)(H,18,20).